The molecule has 0 bridgehead atoms. The summed E-state index contributed by atoms with van der Waals surface area (Å²) in [4.78, 5) is 51.0. The second kappa shape index (κ2) is 10.0. The molecule has 1 aromatic heterocycles. The number of rotatable bonds is 4. The Morgan fingerprint density at radius 2 is 1.70 bits per heavy atom. The number of fused-ring (bicyclic) bond motifs is 1. The summed E-state index contributed by atoms with van der Waals surface area (Å²) >= 11 is 0. The van der Waals surface area contributed by atoms with Gasteiger partial charge in [-0.2, -0.15) is 0 Å². The molecule has 1 aliphatic carbocycles. The summed E-state index contributed by atoms with van der Waals surface area (Å²) in [5.74, 6) is -1.62. The molecule has 2 aromatic rings. The van der Waals surface area contributed by atoms with E-state index < -0.39 is 22.9 Å². The highest BCUT2D eigenvalue weighted by Crippen LogP contribution is 2.29. The molecule has 0 spiro atoms. The molecule has 4 rings (SSSR count). The zero-order valence-corrected chi connectivity index (χ0v) is 19.0. The number of amides is 2. The summed E-state index contributed by atoms with van der Waals surface area (Å²) in [6.45, 7) is 2.18. The largest absolute Gasteiger partial charge is 0.501 e. The Hall–Kier alpha value is -3.43. The smallest absolute Gasteiger partial charge is 0.332 e. The molecule has 2 aliphatic rings. The highest BCUT2D eigenvalue weighted by Gasteiger charge is 2.36. The quantitative estimate of drug-likeness (QED) is 0.700. The van der Waals surface area contributed by atoms with Gasteiger partial charge in [-0.3, -0.25) is 23.5 Å². The normalized spacial score (nSPS) is 17.9. The van der Waals surface area contributed by atoms with E-state index in [-0.39, 0.29) is 36.7 Å². The van der Waals surface area contributed by atoms with Gasteiger partial charge in [0.05, 0.1) is 0 Å². The Morgan fingerprint density at radius 1 is 1.12 bits per heavy atom. The molecule has 1 N–H and O–H groups in total. The van der Waals surface area contributed by atoms with Gasteiger partial charge in [-0.05, 0) is 37.5 Å². The van der Waals surface area contributed by atoms with Crippen LogP contribution in [0.2, 0.25) is 0 Å². The van der Waals surface area contributed by atoms with Gasteiger partial charge in [-0.15, -0.1) is 0 Å². The lowest BCUT2D eigenvalue weighted by atomic mass is 10.1. The SMILES string of the molecule is CC1Cn2c(c(O)c(=O)n(C3CCCC3)c2=O)C(=O)N1Cc1ccc(F)cc1.CN(C)C=O. The highest BCUT2D eigenvalue weighted by atomic mass is 19.1. The number of hydrogen-bond donors (Lipinski definition) is 1. The third kappa shape index (κ3) is 4.99. The Labute approximate surface area is 190 Å². The summed E-state index contributed by atoms with van der Waals surface area (Å²) < 4.78 is 15.5. The Balaban J connectivity index is 0.000000555. The molecule has 1 aliphatic heterocycles. The van der Waals surface area contributed by atoms with Gasteiger partial charge in [0.25, 0.3) is 11.5 Å². The van der Waals surface area contributed by atoms with E-state index in [2.05, 4.69) is 0 Å². The minimum absolute atomic E-state index is 0.182. The van der Waals surface area contributed by atoms with Crippen LogP contribution in [0.1, 0.15) is 54.7 Å². The van der Waals surface area contributed by atoms with Crippen LogP contribution in [0, 0.1) is 5.82 Å². The molecule has 33 heavy (non-hydrogen) atoms. The first-order valence-electron chi connectivity index (χ1n) is 10.9. The fraction of sp³-hybridized carbons (Fsp3) is 0.478. The van der Waals surface area contributed by atoms with Crippen LogP contribution in [0.15, 0.2) is 33.9 Å². The molecular formula is C23H29FN4O5. The first-order valence-corrected chi connectivity index (χ1v) is 10.9. The van der Waals surface area contributed by atoms with Gasteiger partial charge in [-0.1, -0.05) is 25.0 Å². The summed E-state index contributed by atoms with van der Waals surface area (Å²) in [5, 5.41) is 10.5. The minimum Gasteiger partial charge on any atom is -0.501 e. The predicted octanol–water partition coefficient (Wildman–Crippen LogP) is 1.72. The first kappa shape index (κ1) is 24.2. The molecule has 1 fully saturated rings. The van der Waals surface area contributed by atoms with Crippen molar-refractivity contribution in [2.75, 3.05) is 14.1 Å². The van der Waals surface area contributed by atoms with Gasteiger partial charge < -0.3 is 14.9 Å². The van der Waals surface area contributed by atoms with E-state index >= 15 is 0 Å². The van der Waals surface area contributed by atoms with Crippen LogP contribution in [-0.4, -0.2) is 56.5 Å². The van der Waals surface area contributed by atoms with Crippen molar-refractivity contribution < 1.29 is 19.1 Å². The fourth-order valence-corrected chi connectivity index (χ4v) is 4.24. The lowest BCUT2D eigenvalue weighted by molar-refractivity contribution is -0.115. The van der Waals surface area contributed by atoms with Crippen molar-refractivity contribution in [2.24, 2.45) is 0 Å². The number of aromatic hydroxyl groups is 1. The summed E-state index contributed by atoms with van der Waals surface area (Å²) in [7, 11) is 3.38. The number of carbonyl (C=O) groups is 2. The lowest BCUT2D eigenvalue weighted by Crippen LogP contribution is -2.53. The van der Waals surface area contributed by atoms with Crippen molar-refractivity contribution in [3.05, 3.63) is 62.2 Å². The lowest BCUT2D eigenvalue weighted by Gasteiger charge is -2.36. The maximum atomic E-state index is 13.1. The van der Waals surface area contributed by atoms with Gasteiger partial charge in [0, 0.05) is 39.3 Å². The standard InChI is InChI=1S/C20H22FN3O4.C3H7NO/c1-12-10-23-16(18(26)22(12)11-13-6-8-14(21)9-7-13)17(25)19(27)24(20(23)28)15-4-2-3-5-15;1-4(2)3-5/h6-9,12,15,25H,2-5,10-11H2,1H3;3H,1-2H3. The molecule has 178 valence electrons. The molecular weight excluding hydrogens is 431 g/mol. The van der Waals surface area contributed by atoms with Gasteiger partial charge in [0.1, 0.15) is 5.82 Å². The maximum absolute atomic E-state index is 13.1. The molecule has 0 radical (unpaired) electrons. The molecule has 2 heterocycles. The highest BCUT2D eigenvalue weighted by molar-refractivity contribution is 5.95. The van der Waals surface area contributed by atoms with E-state index in [1.54, 1.807) is 33.2 Å². The topological polar surface area (TPSA) is 105 Å². The summed E-state index contributed by atoms with van der Waals surface area (Å²) in [6, 6.07) is 5.22. The molecule has 2 amide bonds. The molecule has 10 heteroatoms. The van der Waals surface area contributed by atoms with Gasteiger partial charge in [0.15, 0.2) is 5.69 Å². The average Bonchev–Trinajstić information content (AvgIpc) is 3.31. The van der Waals surface area contributed by atoms with E-state index in [4.69, 9.17) is 0 Å². The number of aromatic nitrogens is 2. The van der Waals surface area contributed by atoms with Crippen LogP contribution in [0.3, 0.4) is 0 Å². The van der Waals surface area contributed by atoms with Crippen LogP contribution in [0.5, 0.6) is 5.75 Å². The summed E-state index contributed by atoms with van der Waals surface area (Å²) in [5.41, 5.74) is -0.875. The second-order valence-electron chi connectivity index (χ2n) is 8.68. The number of carbonyl (C=O) groups excluding carboxylic acids is 2. The van der Waals surface area contributed by atoms with Crippen LogP contribution >= 0.6 is 0 Å². The zero-order valence-electron chi connectivity index (χ0n) is 19.0. The van der Waals surface area contributed by atoms with E-state index in [1.807, 2.05) is 0 Å². The Bertz CT molecular complexity index is 1130. The van der Waals surface area contributed by atoms with Crippen LogP contribution in [0.25, 0.3) is 0 Å². The van der Waals surface area contributed by atoms with Crippen molar-refractivity contribution in [3.8, 4) is 5.75 Å². The van der Waals surface area contributed by atoms with E-state index in [9.17, 15) is 28.7 Å². The third-order valence-corrected chi connectivity index (χ3v) is 5.96. The van der Waals surface area contributed by atoms with Gasteiger partial charge in [-0.25, -0.2) is 9.18 Å². The Morgan fingerprint density at radius 3 is 2.24 bits per heavy atom. The molecule has 1 saturated carbocycles. The minimum atomic E-state index is -0.798. The number of halogens is 1. The number of benzene rings is 1. The van der Waals surface area contributed by atoms with Crippen molar-refractivity contribution >= 4 is 12.3 Å². The van der Waals surface area contributed by atoms with Gasteiger partial charge in [0.2, 0.25) is 12.2 Å². The van der Waals surface area contributed by atoms with Gasteiger partial charge >= 0.3 is 5.69 Å². The maximum Gasteiger partial charge on any atom is 0.332 e. The fourth-order valence-electron chi connectivity index (χ4n) is 4.24. The van der Waals surface area contributed by atoms with Crippen molar-refractivity contribution in [2.45, 2.75) is 57.8 Å². The third-order valence-electron chi connectivity index (χ3n) is 5.96. The van der Waals surface area contributed by atoms with E-state index in [0.717, 1.165) is 29.4 Å². The van der Waals surface area contributed by atoms with E-state index in [0.29, 0.717) is 12.8 Å². The molecule has 9 nitrogen and oxygen atoms in total. The Kier molecular flexibility index (Phi) is 7.35. The molecule has 1 aromatic carbocycles. The number of nitrogens with zero attached hydrogens (tertiary/aromatic N) is 4. The van der Waals surface area contributed by atoms with E-state index in [1.165, 1.54) is 26.5 Å². The second-order valence-corrected chi connectivity index (χ2v) is 8.68. The molecule has 1 atom stereocenters. The summed E-state index contributed by atoms with van der Waals surface area (Å²) in [6.07, 6.45) is 4.04. The van der Waals surface area contributed by atoms with Crippen molar-refractivity contribution in [3.63, 3.8) is 0 Å². The van der Waals surface area contributed by atoms with Crippen LogP contribution in [-0.2, 0) is 17.9 Å². The molecule has 0 saturated heterocycles. The molecule has 1 unspecified atom stereocenters. The van der Waals surface area contributed by atoms with Crippen LogP contribution < -0.4 is 11.2 Å². The average molecular weight is 461 g/mol. The van der Waals surface area contributed by atoms with Crippen LogP contribution in [0.4, 0.5) is 4.39 Å². The first-order chi connectivity index (χ1) is 15.6. The zero-order chi connectivity index (χ0) is 24.3. The van der Waals surface area contributed by atoms with Crippen molar-refractivity contribution in [1.82, 2.24) is 18.9 Å². The predicted molar refractivity (Wildman–Crippen MR) is 120 cm³/mol. The van der Waals surface area contributed by atoms with Crippen molar-refractivity contribution in [1.29, 1.82) is 0 Å². The number of hydrogen-bond acceptors (Lipinski definition) is 5. The monoisotopic (exact) mass is 460 g/mol.